The van der Waals surface area contributed by atoms with Gasteiger partial charge in [0.2, 0.25) is 0 Å². The van der Waals surface area contributed by atoms with Crippen LogP contribution in [0, 0.1) is 13.8 Å². The van der Waals surface area contributed by atoms with Crippen molar-refractivity contribution in [2.45, 2.75) is 20.8 Å². The SMILES string of the molecule is CCOc1cccc(C(=O)NNC(=O)COc2ccc(C)cc2C)c1. The zero-order chi connectivity index (χ0) is 18.2. The van der Waals surface area contributed by atoms with Crippen molar-refractivity contribution < 1.29 is 19.1 Å². The number of nitrogens with one attached hydrogen (secondary N) is 2. The Balaban J connectivity index is 1.83. The third-order valence-corrected chi connectivity index (χ3v) is 3.41. The lowest BCUT2D eigenvalue weighted by atomic mass is 10.1. The molecule has 2 aromatic carbocycles. The molecule has 2 amide bonds. The van der Waals surface area contributed by atoms with Crippen LogP contribution >= 0.6 is 0 Å². The number of hydrogen-bond acceptors (Lipinski definition) is 4. The summed E-state index contributed by atoms with van der Waals surface area (Å²) in [6.45, 7) is 6.08. The van der Waals surface area contributed by atoms with E-state index in [-0.39, 0.29) is 6.61 Å². The number of benzene rings is 2. The van der Waals surface area contributed by atoms with Gasteiger partial charge in [0.25, 0.3) is 11.8 Å². The molecule has 0 spiro atoms. The molecule has 0 bridgehead atoms. The molecule has 0 heterocycles. The zero-order valence-corrected chi connectivity index (χ0v) is 14.6. The summed E-state index contributed by atoms with van der Waals surface area (Å²) in [5.74, 6) is 0.354. The molecule has 0 saturated carbocycles. The molecule has 2 rings (SSSR count). The van der Waals surface area contributed by atoms with Gasteiger partial charge in [-0.1, -0.05) is 23.8 Å². The first-order valence-corrected chi connectivity index (χ1v) is 8.01. The fraction of sp³-hybridized carbons (Fsp3) is 0.263. The van der Waals surface area contributed by atoms with Crippen molar-refractivity contribution in [2.75, 3.05) is 13.2 Å². The van der Waals surface area contributed by atoms with Crippen LogP contribution in [0.25, 0.3) is 0 Å². The smallest absolute Gasteiger partial charge is 0.276 e. The monoisotopic (exact) mass is 342 g/mol. The Morgan fingerprint density at radius 3 is 2.52 bits per heavy atom. The van der Waals surface area contributed by atoms with Gasteiger partial charge in [0, 0.05) is 5.56 Å². The van der Waals surface area contributed by atoms with Crippen molar-refractivity contribution in [3.63, 3.8) is 0 Å². The molecule has 0 radical (unpaired) electrons. The number of amides is 2. The Morgan fingerprint density at radius 2 is 1.80 bits per heavy atom. The highest BCUT2D eigenvalue weighted by atomic mass is 16.5. The van der Waals surface area contributed by atoms with Crippen molar-refractivity contribution in [3.05, 3.63) is 59.2 Å². The predicted octanol–water partition coefficient (Wildman–Crippen LogP) is 2.54. The quantitative estimate of drug-likeness (QED) is 0.791. The van der Waals surface area contributed by atoms with Crippen molar-refractivity contribution in [1.29, 1.82) is 0 Å². The Labute approximate surface area is 147 Å². The molecule has 0 aliphatic rings. The van der Waals surface area contributed by atoms with E-state index in [0.29, 0.717) is 23.7 Å². The molecule has 6 heteroatoms. The largest absolute Gasteiger partial charge is 0.494 e. The van der Waals surface area contributed by atoms with Gasteiger partial charge in [0.05, 0.1) is 6.61 Å². The van der Waals surface area contributed by atoms with Crippen molar-refractivity contribution in [2.24, 2.45) is 0 Å². The second kappa shape index (κ2) is 8.73. The zero-order valence-electron chi connectivity index (χ0n) is 14.6. The van der Waals surface area contributed by atoms with Gasteiger partial charge in [-0.05, 0) is 50.6 Å². The van der Waals surface area contributed by atoms with E-state index >= 15 is 0 Å². The minimum atomic E-state index is -0.450. The summed E-state index contributed by atoms with van der Waals surface area (Å²) in [7, 11) is 0. The minimum absolute atomic E-state index is 0.191. The fourth-order valence-electron chi connectivity index (χ4n) is 2.23. The van der Waals surface area contributed by atoms with Crippen molar-refractivity contribution in [3.8, 4) is 11.5 Å². The van der Waals surface area contributed by atoms with Crippen LogP contribution < -0.4 is 20.3 Å². The summed E-state index contributed by atoms with van der Waals surface area (Å²) in [5, 5.41) is 0. The number of carbonyl (C=O) groups is 2. The fourth-order valence-corrected chi connectivity index (χ4v) is 2.23. The molecule has 2 N–H and O–H groups in total. The molecule has 0 aliphatic carbocycles. The second-order valence-electron chi connectivity index (χ2n) is 5.52. The van der Waals surface area contributed by atoms with Crippen LogP contribution in [0.15, 0.2) is 42.5 Å². The third-order valence-electron chi connectivity index (χ3n) is 3.41. The van der Waals surface area contributed by atoms with E-state index in [1.54, 1.807) is 24.3 Å². The highest BCUT2D eigenvalue weighted by Crippen LogP contribution is 2.18. The van der Waals surface area contributed by atoms with Gasteiger partial charge < -0.3 is 9.47 Å². The summed E-state index contributed by atoms with van der Waals surface area (Å²) in [6.07, 6.45) is 0. The first-order chi connectivity index (χ1) is 12.0. The van der Waals surface area contributed by atoms with Crippen LogP contribution in [0.1, 0.15) is 28.4 Å². The van der Waals surface area contributed by atoms with Crippen molar-refractivity contribution in [1.82, 2.24) is 10.9 Å². The standard InChI is InChI=1S/C19H22N2O4/c1-4-24-16-7-5-6-15(11-16)19(23)21-20-18(22)12-25-17-9-8-13(2)10-14(17)3/h5-11H,4,12H2,1-3H3,(H,20,22)(H,21,23). The number of carbonyl (C=O) groups excluding carboxylic acids is 2. The number of hydrazine groups is 1. The van der Waals surface area contributed by atoms with Crippen molar-refractivity contribution >= 4 is 11.8 Å². The van der Waals surface area contributed by atoms with Gasteiger partial charge in [-0.2, -0.15) is 0 Å². The lowest BCUT2D eigenvalue weighted by Crippen LogP contribution is -2.43. The van der Waals surface area contributed by atoms with E-state index < -0.39 is 11.8 Å². The maximum Gasteiger partial charge on any atom is 0.276 e. The summed E-state index contributed by atoms with van der Waals surface area (Å²) >= 11 is 0. The molecular formula is C19H22N2O4. The van der Waals surface area contributed by atoms with Gasteiger partial charge in [-0.25, -0.2) is 0 Å². The van der Waals surface area contributed by atoms with Gasteiger partial charge in [0.1, 0.15) is 11.5 Å². The molecule has 0 aliphatic heterocycles. The third kappa shape index (κ3) is 5.53. The summed E-state index contributed by atoms with van der Waals surface area (Å²) in [4.78, 5) is 23.9. The topological polar surface area (TPSA) is 76.7 Å². The first kappa shape index (κ1) is 18.3. The van der Waals surface area contributed by atoms with Crippen LogP contribution in [0.5, 0.6) is 11.5 Å². The molecular weight excluding hydrogens is 320 g/mol. The van der Waals surface area contributed by atoms with Crippen LogP contribution in [0.3, 0.4) is 0 Å². The van der Waals surface area contributed by atoms with Crippen LogP contribution in [-0.2, 0) is 4.79 Å². The van der Waals surface area contributed by atoms with Crippen LogP contribution in [-0.4, -0.2) is 25.0 Å². The molecule has 2 aromatic rings. The molecule has 0 fully saturated rings. The maximum absolute atomic E-state index is 12.0. The summed E-state index contributed by atoms with van der Waals surface area (Å²) in [5.41, 5.74) is 7.14. The number of hydrogen-bond donors (Lipinski definition) is 2. The molecule has 6 nitrogen and oxygen atoms in total. The average molecular weight is 342 g/mol. The van der Waals surface area contributed by atoms with Gasteiger partial charge in [-0.3, -0.25) is 20.4 Å². The van der Waals surface area contributed by atoms with E-state index in [2.05, 4.69) is 10.9 Å². The van der Waals surface area contributed by atoms with Gasteiger partial charge in [0.15, 0.2) is 6.61 Å². The van der Waals surface area contributed by atoms with E-state index in [1.165, 1.54) is 0 Å². The predicted molar refractivity (Wildman–Crippen MR) is 94.6 cm³/mol. The highest BCUT2D eigenvalue weighted by molar-refractivity contribution is 5.95. The lowest BCUT2D eigenvalue weighted by molar-refractivity contribution is -0.123. The average Bonchev–Trinajstić information content (AvgIpc) is 2.59. The second-order valence-corrected chi connectivity index (χ2v) is 5.52. The van der Waals surface area contributed by atoms with Gasteiger partial charge >= 0.3 is 0 Å². The molecule has 0 unspecified atom stereocenters. The number of aryl methyl sites for hydroxylation is 2. The van der Waals surface area contributed by atoms with E-state index in [4.69, 9.17) is 9.47 Å². The highest BCUT2D eigenvalue weighted by Gasteiger charge is 2.09. The molecule has 0 aromatic heterocycles. The van der Waals surface area contributed by atoms with E-state index in [9.17, 15) is 9.59 Å². The first-order valence-electron chi connectivity index (χ1n) is 8.01. The number of rotatable bonds is 6. The Morgan fingerprint density at radius 1 is 1.00 bits per heavy atom. The minimum Gasteiger partial charge on any atom is -0.494 e. The Hall–Kier alpha value is -3.02. The Bertz CT molecular complexity index is 759. The number of ether oxygens (including phenoxy) is 2. The maximum atomic E-state index is 12.0. The normalized spacial score (nSPS) is 10.0. The molecule has 0 atom stereocenters. The van der Waals surface area contributed by atoms with Crippen LogP contribution in [0.2, 0.25) is 0 Å². The molecule has 25 heavy (non-hydrogen) atoms. The molecule has 132 valence electrons. The Kier molecular flexibility index (Phi) is 6.39. The summed E-state index contributed by atoms with van der Waals surface area (Å²) in [6, 6.07) is 12.4. The summed E-state index contributed by atoms with van der Waals surface area (Å²) < 4.78 is 10.8. The van der Waals surface area contributed by atoms with E-state index in [0.717, 1.165) is 11.1 Å². The molecule has 0 saturated heterocycles. The van der Waals surface area contributed by atoms with E-state index in [1.807, 2.05) is 39.0 Å². The lowest BCUT2D eigenvalue weighted by Gasteiger charge is -2.11. The van der Waals surface area contributed by atoms with Crippen LogP contribution in [0.4, 0.5) is 0 Å². The van der Waals surface area contributed by atoms with Gasteiger partial charge in [-0.15, -0.1) is 0 Å².